The molecule has 2 saturated heterocycles. The fourth-order valence-corrected chi connectivity index (χ4v) is 3.49. The molecule has 0 aliphatic carbocycles. The molecule has 0 spiro atoms. The minimum Gasteiger partial charge on any atom is -0.381 e. The SMILES string of the molecule is CC1CN(C(C)(C)CNC(=O)C(N)C2CCOCC2)CC(C)O1. The van der Waals surface area contributed by atoms with Gasteiger partial charge < -0.3 is 20.5 Å². The van der Waals surface area contributed by atoms with Crippen LogP contribution in [0.1, 0.15) is 40.5 Å². The Balaban J connectivity index is 1.84. The number of nitrogens with zero attached hydrogens (tertiary/aromatic N) is 1. The van der Waals surface area contributed by atoms with Gasteiger partial charge in [-0.25, -0.2) is 0 Å². The standard InChI is InChI=1S/C17H33N3O3/c1-12-9-20(10-13(2)23-12)17(3,4)11-19-16(21)15(18)14-5-7-22-8-6-14/h12-15H,5-11,18H2,1-4H3,(H,19,21). The van der Waals surface area contributed by atoms with Crippen molar-refractivity contribution in [2.24, 2.45) is 11.7 Å². The summed E-state index contributed by atoms with van der Waals surface area (Å²) in [6.45, 7) is 12.3. The number of nitrogens with two attached hydrogens (primary N) is 1. The molecule has 3 unspecified atom stereocenters. The van der Waals surface area contributed by atoms with E-state index in [-0.39, 0.29) is 29.6 Å². The molecule has 2 heterocycles. The lowest BCUT2D eigenvalue weighted by Gasteiger charge is -2.45. The van der Waals surface area contributed by atoms with Gasteiger partial charge in [0.15, 0.2) is 0 Å². The number of amides is 1. The maximum atomic E-state index is 12.4. The van der Waals surface area contributed by atoms with E-state index in [2.05, 4.69) is 37.9 Å². The van der Waals surface area contributed by atoms with Crippen molar-refractivity contribution in [1.29, 1.82) is 0 Å². The number of nitrogens with one attached hydrogen (secondary N) is 1. The van der Waals surface area contributed by atoms with E-state index in [1.165, 1.54) is 0 Å². The second-order valence-corrected chi connectivity index (χ2v) is 7.67. The predicted octanol–water partition coefficient (Wildman–Crippen LogP) is 0.744. The average molecular weight is 327 g/mol. The van der Waals surface area contributed by atoms with Gasteiger partial charge in [0.05, 0.1) is 18.2 Å². The molecule has 6 nitrogen and oxygen atoms in total. The van der Waals surface area contributed by atoms with Crippen molar-refractivity contribution in [2.75, 3.05) is 32.8 Å². The first-order chi connectivity index (χ1) is 10.8. The lowest BCUT2D eigenvalue weighted by atomic mass is 9.91. The maximum absolute atomic E-state index is 12.4. The highest BCUT2D eigenvalue weighted by atomic mass is 16.5. The van der Waals surface area contributed by atoms with Gasteiger partial charge in [0.1, 0.15) is 0 Å². The number of hydrogen-bond donors (Lipinski definition) is 2. The molecule has 0 radical (unpaired) electrons. The lowest BCUT2D eigenvalue weighted by molar-refractivity contribution is -0.126. The zero-order valence-electron chi connectivity index (χ0n) is 15.0. The summed E-state index contributed by atoms with van der Waals surface area (Å²) >= 11 is 0. The summed E-state index contributed by atoms with van der Waals surface area (Å²) in [5.41, 5.74) is 6.03. The normalized spacial score (nSPS) is 29.3. The summed E-state index contributed by atoms with van der Waals surface area (Å²) in [7, 11) is 0. The van der Waals surface area contributed by atoms with Crippen molar-refractivity contribution >= 4 is 5.91 Å². The van der Waals surface area contributed by atoms with Crippen LogP contribution in [0.15, 0.2) is 0 Å². The van der Waals surface area contributed by atoms with Crippen LogP contribution in [0.4, 0.5) is 0 Å². The molecule has 2 rings (SSSR count). The molecule has 0 bridgehead atoms. The van der Waals surface area contributed by atoms with Gasteiger partial charge in [0, 0.05) is 38.4 Å². The number of carbonyl (C=O) groups excluding carboxylic acids is 1. The van der Waals surface area contributed by atoms with Crippen LogP contribution < -0.4 is 11.1 Å². The maximum Gasteiger partial charge on any atom is 0.237 e. The van der Waals surface area contributed by atoms with Gasteiger partial charge in [0.25, 0.3) is 0 Å². The highest BCUT2D eigenvalue weighted by Gasteiger charge is 2.34. The smallest absolute Gasteiger partial charge is 0.237 e. The Labute approximate surface area is 140 Å². The van der Waals surface area contributed by atoms with E-state index < -0.39 is 6.04 Å². The summed E-state index contributed by atoms with van der Waals surface area (Å²) in [5.74, 6) is 0.189. The van der Waals surface area contributed by atoms with Gasteiger partial charge in [-0.3, -0.25) is 9.69 Å². The topological polar surface area (TPSA) is 76.8 Å². The third-order valence-electron chi connectivity index (χ3n) is 5.05. The molecule has 2 aliphatic rings. The summed E-state index contributed by atoms with van der Waals surface area (Å²) < 4.78 is 11.1. The van der Waals surface area contributed by atoms with Gasteiger partial charge in [-0.2, -0.15) is 0 Å². The molecule has 2 aliphatic heterocycles. The van der Waals surface area contributed by atoms with Crippen molar-refractivity contribution in [2.45, 2.75) is 64.3 Å². The number of rotatable bonds is 5. The Hall–Kier alpha value is -0.690. The van der Waals surface area contributed by atoms with Crippen LogP contribution in [0.2, 0.25) is 0 Å². The molecule has 3 N–H and O–H groups in total. The second-order valence-electron chi connectivity index (χ2n) is 7.67. The fraction of sp³-hybridized carbons (Fsp3) is 0.941. The van der Waals surface area contributed by atoms with Crippen molar-refractivity contribution in [3.05, 3.63) is 0 Å². The van der Waals surface area contributed by atoms with E-state index in [1.54, 1.807) is 0 Å². The van der Waals surface area contributed by atoms with Gasteiger partial charge >= 0.3 is 0 Å². The van der Waals surface area contributed by atoms with Gasteiger partial charge in [0.2, 0.25) is 5.91 Å². The van der Waals surface area contributed by atoms with E-state index in [0.717, 1.165) is 25.9 Å². The minimum atomic E-state index is -0.433. The Bertz CT molecular complexity index is 387. The summed E-state index contributed by atoms with van der Waals surface area (Å²) in [6.07, 6.45) is 2.18. The largest absolute Gasteiger partial charge is 0.381 e. The van der Waals surface area contributed by atoms with E-state index in [1.807, 2.05) is 0 Å². The molecule has 0 aromatic rings. The first-order valence-corrected chi connectivity index (χ1v) is 8.81. The third kappa shape index (κ3) is 5.14. The van der Waals surface area contributed by atoms with Gasteiger partial charge in [-0.1, -0.05) is 0 Å². The quantitative estimate of drug-likeness (QED) is 0.779. The molecular weight excluding hydrogens is 294 g/mol. The third-order valence-corrected chi connectivity index (χ3v) is 5.05. The van der Waals surface area contributed by atoms with Gasteiger partial charge in [-0.05, 0) is 46.5 Å². The molecule has 0 aromatic carbocycles. The van der Waals surface area contributed by atoms with Crippen LogP contribution >= 0.6 is 0 Å². The first-order valence-electron chi connectivity index (χ1n) is 8.81. The van der Waals surface area contributed by atoms with E-state index in [4.69, 9.17) is 15.2 Å². The van der Waals surface area contributed by atoms with E-state index in [0.29, 0.717) is 19.8 Å². The molecule has 6 heteroatoms. The fourth-order valence-electron chi connectivity index (χ4n) is 3.49. The number of morpholine rings is 1. The molecule has 0 aromatic heterocycles. The molecule has 3 atom stereocenters. The van der Waals surface area contributed by atoms with E-state index >= 15 is 0 Å². The molecule has 23 heavy (non-hydrogen) atoms. The monoisotopic (exact) mass is 327 g/mol. The van der Waals surface area contributed by atoms with Crippen LogP contribution in [0.5, 0.6) is 0 Å². The summed E-state index contributed by atoms with van der Waals surface area (Å²) in [6, 6.07) is -0.433. The molecule has 1 amide bonds. The Morgan fingerprint density at radius 2 is 1.83 bits per heavy atom. The highest BCUT2D eigenvalue weighted by molar-refractivity contribution is 5.81. The van der Waals surface area contributed by atoms with Crippen LogP contribution in [-0.4, -0.2) is 67.4 Å². The zero-order valence-corrected chi connectivity index (χ0v) is 15.0. The Morgan fingerprint density at radius 1 is 1.26 bits per heavy atom. The van der Waals surface area contributed by atoms with Crippen molar-refractivity contribution in [3.8, 4) is 0 Å². The van der Waals surface area contributed by atoms with Crippen LogP contribution in [-0.2, 0) is 14.3 Å². The molecule has 0 saturated carbocycles. The number of ether oxygens (including phenoxy) is 2. The van der Waals surface area contributed by atoms with E-state index in [9.17, 15) is 4.79 Å². The van der Waals surface area contributed by atoms with Crippen molar-refractivity contribution < 1.29 is 14.3 Å². The highest BCUT2D eigenvalue weighted by Crippen LogP contribution is 2.21. The summed E-state index contributed by atoms with van der Waals surface area (Å²) in [4.78, 5) is 14.8. The average Bonchev–Trinajstić information content (AvgIpc) is 2.52. The van der Waals surface area contributed by atoms with Crippen LogP contribution in [0, 0.1) is 5.92 Å². The Morgan fingerprint density at radius 3 is 2.39 bits per heavy atom. The lowest BCUT2D eigenvalue weighted by Crippen LogP contribution is -2.60. The molecule has 134 valence electrons. The second kappa shape index (κ2) is 7.92. The Kier molecular flexibility index (Phi) is 6.42. The first kappa shape index (κ1) is 18.6. The van der Waals surface area contributed by atoms with Crippen molar-refractivity contribution in [1.82, 2.24) is 10.2 Å². The zero-order chi connectivity index (χ0) is 17.0. The van der Waals surface area contributed by atoms with Gasteiger partial charge in [-0.15, -0.1) is 0 Å². The molecule has 2 fully saturated rings. The number of carbonyl (C=O) groups is 1. The predicted molar refractivity (Wildman–Crippen MR) is 90.2 cm³/mol. The van der Waals surface area contributed by atoms with Crippen LogP contribution in [0.25, 0.3) is 0 Å². The minimum absolute atomic E-state index is 0.0423. The van der Waals surface area contributed by atoms with Crippen molar-refractivity contribution in [3.63, 3.8) is 0 Å². The number of hydrogen-bond acceptors (Lipinski definition) is 5. The summed E-state index contributed by atoms with van der Waals surface area (Å²) in [5, 5.41) is 3.06. The molecular formula is C17H33N3O3. The van der Waals surface area contributed by atoms with Crippen LogP contribution in [0.3, 0.4) is 0 Å².